The number of benzene rings is 2. The summed E-state index contributed by atoms with van der Waals surface area (Å²) in [7, 11) is -3.03. The molecule has 3 nitrogen and oxygen atoms in total. The van der Waals surface area contributed by atoms with Gasteiger partial charge in [0, 0.05) is 0 Å². The van der Waals surface area contributed by atoms with Crippen LogP contribution in [0.15, 0.2) is 54.6 Å². The fourth-order valence-electron chi connectivity index (χ4n) is 2.93. The van der Waals surface area contributed by atoms with Crippen molar-refractivity contribution >= 4 is 13.2 Å². The molecule has 0 saturated carbocycles. The van der Waals surface area contributed by atoms with E-state index in [9.17, 15) is 0 Å². The van der Waals surface area contributed by atoms with E-state index < -0.39 is 7.94 Å². The van der Waals surface area contributed by atoms with Crippen molar-refractivity contribution in [2.45, 2.75) is 65.7 Å². The average molecular weight is 405 g/mol. The number of rotatable bonds is 14. The Labute approximate surface area is 172 Å². The van der Waals surface area contributed by atoms with Crippen LogP contribution in [0.1, 0.15) is 64.9 Å². The third-order valence-corrected chi connectivity index (χ3v) is 7.42. The molecule has 0 saturated heterocycles. The molecule has 0 heterocycles. The molecule has 0 amide bonds. The number of unbranched alkanes of at least 4 members (excludes halogenated alkanes) is 3. The van der Waals surface area contributed by atoms with Crippen LogP contribution in [0.5, 0.6) is 5.75 Å². The third kappa shape index (κ3) is 7.20. The summed E-state index contributed by atoms with van der Waals surface area (Å²) in [4.78, 5) is 0. The van der Waals surface area contributed by atoms with Crippen molar-refractivity contribution in [3.05, 3.63) is 60.2 Å². The fourth-order valence-corrected chi connectivity index (χ4v) is 5.46. The minimum absolute atomic E-state index is 0.651. The summed E-state index contributed by atoms with van der Waals surface area (Å²) in [6.07, 6.45) is 7.69. The summed E-state index contributed by atoms with van der Waals surface area (Å²) >= 11 is 0. The Morgan fingerprint density at radius 3 is 1.79 bits per heavy atom. The molecule has 0 aliphatic heterocycles. The van der Waals surface area contributed by atoms with Crippen molar-refractivity contribution in [1.29, 1.82) is 0 Å². The molecule has 0 N–H and O–H groups in total. The topological polar surface area (TPSA) is 27.7 Å². The van der Waals surface area contributed by atoms with E-state index in [2.05, 4.69) is 57.2 Å². The Kier molecular flexibility index (Phi) is 10.6. The first-order valence-electron chi connectivity index (χ1n) is 10.9. The molecule has 0 bridgehead atoms. The molecule has 0 spiro atoms. The average Bonchev–Trinajstić information content (AvgIpc) is 2.74. The van der Waals surface area contributed by atoms with Crippen molar-refractivity contribution in [3.63, 3.8) is 0 Å². The van der Waals surface area contributed by atoms with Crippen molar-refractivity contribution in [3.8, 4) is 5.75 Å². The summed E-state index contributed by atoms with van der Waals surface area (Å²) < 4.78 is 19.3. The first-order chi connectivity index (χ1) is 13.7. The van der Waals surface area contributed by atoms with E-state index in [1.165, 1.54) is 18.4 Å². The summed E-state index contributed by atoms with van der Waals surface area (Å²) in [6.45, 7) is 7.86. The van der Waals surface area contributed by atoms with Gasteiger partial charge in [0.2, 0.25) is 0 Å². The van der Waals surface area contributed by atoms with Crippen LogP contribution in [-0.2, 0) is 15.5 Å². The minimum atomic E-state index is -3.03. The van der Waals surface area contributed by atoms with Crippen molar-refractivity contribution < 1.29 is 13.6 Å². The molecule has 0 fully saturated rings. The normalized spacial score (nSPS) is 12.1. The standard InChI is InChI=1S/C24H37O3P/c1-4-7-13-22-16-18-23(19-17-22)27-28(25-20-8-5-2,26-21-9-6-3)24-14-11-10-12-15-24/h10-12,14-19,28H,4-9,13,20-21H2,1-3H3. The Balaban J connectivity index is 2.26. The van der Waals surface area contributed by atoms with Gasteiger partial charge in [0.05, 0.1) is 0 Å². The second kappa shape index (κ2) is 12.9. The van der Waals surface area contributed by atoms with E-state index in [1.54, 1.807) is 0 Å². The van der Waals surface area contributed by atoms with Gasteiger partial charge < -0.3 is 0 Å². The zero-order valence-corrected chi connectivity index (χ0v) is 18.8. The van der Waals surface area contributed by atoms with Gasteiger partial charge in [0.1, 0.15) is 0 Å². The van der Waals surface area contributed by atoms with Crippen LogP contribution in [0.25, 0.3) is 0 Å². The first-order valence-corrected chi connectivity index (χ1v) is 12.6. The van der Waals surface area contributed by atoms with Crippen LogP contribution in [0.3, 0.4) is 0 Å². The van der Waals surface area contributed by atoms with Gasteiger partial charge in [-0.2, -0.15) is 0 Å². The Morgan fingerprint density at radius 2 is 1.25 bits per heavy atom. The molecule has 156 valence electrons. The molecule has 0 unspecified atom stereocenters. The van der Waals surface area contributed by atoms with Crippen LogP contribution in [0, 0.1) is 0 Å². The van der Waals surface area contributed by atoms with Gasteiger partial charge in [0.25, 0.3) is 0 Å². The van der Waals surface area contributed by atoms with Gasteiger partial charge in [-0.15, -0.1) is 0 Å². The molecule has 0 aliphatic carbocycles. The molecule has 4 heteroatoms. The van der Waals surface area contributed by atoms with E-state index in [1.807, 2.05) is 18.2 Å². The molecule has 0 atom stereocenters. The molecule has 2 rings (SSSR count). The zero-order valence-electron chi connectivity index (χ0n) is 17.8. The summed E-state index contributed by atoms with van der Waals surface area (Å²) in [5.74, 6) is 0.823. The monoisotopic (exact) mass is 404 g/mol. The summed E-state index contributed by atoms with van der Waals surface area (Å²) in [6, 6.07) is 18.6. The van der Waals surface area contributed by atoms with Gasteiger partial charge in [0.15, 0.2) is 0 Å². The molecule has 2 aromatic carbocycles. The van der Waals surface area contributed by atoms with Gasteiger partial charge in [-0.25, -0.2) is 0 Å². The number of hydrogen-bond donors (Lipinski definition) is 0. The molecule has 0 radical (unpaired) electrons. The van der Waals surface area contributed by atoms with Crippen LogP contribution in [0.4, 0.5) is 0 Å². The number of hydrogen-bond acceptors (Lipinski definition) is 3. The van der Waals surface area contributed by atoms with Crippen LogP contribution in [-0.4, -0.2) is 13.2 Å². The van der Waals surface area contributed by atoms with E-state index in [0.717, 1.165) is 43.2 Å². The molecular weight excluding hydrogens is 367 g/mol. The van der Waals surface area contributed by atoms with E-state index >= 15 is 0 Å². The molecular formula is C24H37O3P. The van der Waals surface area contributed by atoms with Crippen LogP contribution >= 0.6 is 7.94 Å². The molecule has 28 heavy (non-hydrogen) atoms. The predicted molar refractivity (Wildman–Crippen MR) is 122 cm³/mol. The molecule has 0 aliphatic rings. The Hall–Kier alpha value is -1.41. The predicted octanol–water partition coefficient (Wildman–Crippen LogP) is 6.86. The second-order valence-corrected chi connectivity index (χ2v) is 9.65. The fraction of sp³-hybridized carbons (Fsp3) is 0.500. The first kappa shape index (κ1) is 22.9. The summed E-state index contributed by atoms with van der Waals surface area (Å²) in [5.41, 5.74) is 1.35. The maximum atomic E-state index is 6.54. The second-order valence-electron chi connectivity index (χ2n) is 7.18. The Morgan fingerprint density at radius 1 is 0.679 bits per heavy atom. The number of aryl methyl sites for hydroxylation is 1. The van der Waals surface area contributed by atoms with Crippen LogP contribution < -0.4 is 9.83 Å². The van der Waals surface area contributed by atoms with Crippen molar-refractivity contribution in [2.24, 2.45) is 0 Å². The quantitative estimate of drug-likeness (QED) is 0.254. The van der Waals surface area contributed by atoms with E-state index in [0.29, 0.717) is 13.2 Å². The van der Waals surface area contributed by atoms with E-state index in [4.69, 9.17) is 13.6 Å². The summed E-state index contributed by atoms with van der Waals surface area (Å²) in [5, 5.41) is 1.03. The molecule has 2 aromatic rings. The van der Waals surface area contributed by atoms with Gasteiger partial charge >= 0.3 is 172 Å². The van der Waals surface area contributed by atoms with Crippen molar-refractivity contribution in [2.75, 3.05) is 13.2 Å². The van der Waals surface area contributed by atoms with Gasteiger partial charge in [-0.05, 0) is 0 Å². The van der Waals surface area contributed by atoms with Crippen molar-refractivity contribution in [1.82, 2.24) is 0 Å². The van der Waals surface area contributed by atoms with Gasteiger partial charge in [-0.3, -0.25) is 0 Å². The van der Waals surface area contributed by atoms with Gasteiger partial charge in [-0.1, -0.05) is 0 Å². The third-order valence-electron chi connectivity index (χ3n) is 4.70. The van der Waals surface area contributed by atoms with E-state index in [-0.39, 0.29) is 0 Å². The Bertz CT molecular complexity index is 633. The maximum absolute atomic E-state index is 6.54. The SMILES string of the molecule is CCCCO[PH](OCCCC)(Oc1ccc(CCCC)cc1)c1ccccc1. The van der Waals surface area contributed by atoms with Crippen LogP contribution in [0.2, 0.25) is 0 Å². The zero-order chi connectivity index (χ0) is 20.1. The molecule has 0 aromatic heterocycles.